The highest BCUT2D eigenvalue weighted by molar-refractivity contribution is 6.33. The molecule has 0 spiro atoms. The number of ether oxygens (including phenoxy) is 1. The largest absolute Gasteiger partial charge is 0.381 e. The number of anilines is 1. The lowest BCUT2D eigenvalue weighted by molar-refractivity contribution is -0.127. The number of benzene rings is 1. The van der Waals surface area contributed by atoms with Crippen molar-refractivity contribution in [2.45, 2.75) is 32.2 Å². The highest BCUT2D eigenvalue weighted by Gasteiger charge is 2.32. The molecule has 1 aromatic carbocycles. The van der Waals surface area contributed by atoms with Gasteiger partial charge < -0.3 is 19.1 Å². The van der Waals surface area contributed by atoms with E-state index < -0.39 is 0 Å². The molecule has 2 fully saturated rings. The summed E-state index contributed by atoms with van der Waals surface area (Å²) in [5, 5.41) is 0.663. The van der Waals surface area contributed by atoms with Gasteiger partial charge in [-0.1, -0.05) is 29.8 Å². The molecule has 34 heavy (non-hydrogen) atoms. The van der Waals surface area contributed by atoms with Crippen LogP contribution in [0.25, 0.3) is 22.6 Å². The number of aryl methyl sites for hydroxylation is 1. The van der Waals surface area contributed by atoms with Gasteiger partial charge in [0, 0.05) is 50.0 Å². The maximum atomic E-state index is 12.1. The maximum Gasteiger partial charge on any atom is 0.230 e. The van der Waals surface area contributed by atoms with Gasteiger partial charge in [0.1, 0.15) is 11.6 Å². The SMILES string of the molecule is Cc1nc(N2CCN3C(=O)CC=C3C2)c2nc(-c3ccccc3Cl)n(C3CCOCC3)c2n1.Cl. The van der Waals surface area contributed by atoms with Crippen molar-refractivity contribution in [2.24, 2.45) is 0 Å². The van der Waals surface area contributed by atoms with E-state index in [-0.39, 0.29) is 24.4 Å². The first-order chi connectivity index (χ1) is 16.1. The van der Waals surface area contributed by atoms with E-state index in [1.807, 2.05) is 42.2 Å². The number of amides is 1. The number of piperazine rings is 1. The molecule has 3 aliphatic rings. The number of fused-ring (bicyclic) bond motifs is 2. The van der Waals surface area contributed by atoms with Crippen molar-refractivity contribution in [2.75, 3.05) is 37.7 Å². The van der Waals surface area contributed by atoms with Crippen LogP contribution in [0, 0.1) is 6.92 Å². The zero-order chi connectivity index (χ0) is 22.5. The van der Waals surface area contributed by atoms with Crippen molar-refractivity contribution in [1.29, 1.82) is 0 Å². The minimum Gasteiger partial charge on any atom is -0.381 e. The lowest BCUT2D eigenvalue weighted by Gasteiger charge is -2.35. The highest BCUT2D eigenvalue weighted by atomic mass is 35.5. The molecule has 3 aromatic rings. The third-order valence-corrected chi connectivity index (χ3v) is 7.04. The molecule has 10 heteroatoms. The standard InChI is InChI=1S/C24H25ClN6O2.ClH/c1-15-26-23(29-10-11-30-17(14-29)6-7-20(30)32)21-24(27-15)31(16-8-12-33-13-9-16)22(28-21)18-4-2-3-5-19(18)25;/h2-6,16H,7-14H2,1H3;1H. The van der Waals surface area contributed by atoms with Crippen LogP contribution < -0.4 is 4.90 Å². The van der Waals surface area contributed by atoms with Crippen LogP contribution in [-0.4, -0.2) is 63.2 Å². The number of nitrogens with zero attached hydrogens (tertiary/aromatic N) is 6. The number of hydrogen-bond acceptors (Lipinski definition) is 6. The Labute approximate surface area is 209 Å². The zero-order valence-corrected chi connectivity index (χ0v) is 20.5. The van der Waals surface area contributed by atoms with Crippen LogP contribution in [0.2, 0.25) is 5.02 Å². The first-order valence-corrected chi connectivity index (χ1v) is 11.8. The highest BCUT2D eigenvalue weighted by Crippen LogP contribution is 2.38. The van der Waals surface area contributed by atoms with Gasteiger partial charge in [0.15, 0.2) is 17.0 Å². The van der Waals surface area contributed by atoms with Gasteiger partial charge in [0.05, 0.1) is 11.6 Å². The second-order valence-corrected chi connectivity index (χ2v) is 9.17. The topological polar surface area (TPSA) is 76.4 Å². The fourth-order valence-corrected chi connectivity index (χ4v) is 5.31. The molecule has 6 rings (SSSR count). The Morgan fingerprint density at radius 2 is 1.88 bits per heavy atom. The fraction of sp³-hybridized carbons (Fsp3) is 0.417. The van der Waals surface area contributed by atoms with Crippen molar-refractivity contribution < 1.29 is 9.53 Å². The molecule has 3 aliphatic heterocycles. The molecule has 0 atom stereocenters. The summed E-state index contributed by atoms with van der Waals surface area (Å²) in [6, 6.07) is 8.04. The minimum absolute atomic E-state index is 0. The van der Waals surface area contributed by atoms with E-state index in [0.717, 1.165) is 46.9 Å². The molecule has 0 bridgehead atoms. The fourth-order valence-electron chi connectivity index (χ4n) is 5.09. The quantitative estimate of drug-likeness (QED) is 0.537. The predicted octanol–water partition coefficient (Wildman–Crippen LogP) is 4.16. The number of imidazole rings is 1. The zero-order valence-electron chi connectivity index (χ0n) is 18.9. The normalized spacial score (nSPS) is 18.8. The van der Waals surface area contributed by atoms with E-state index in [1.165, 1.54) is 0 Å². The summed E-state index contributed by atoms with van der Waals surface area (Å²) in [6.07, 6.45) is 4.30. The average Bonchev–Trinajstić information content (AvgIpc) is 3.39. The van der Waals surface area contributed by atoms with E-state index >= 15 is 0 Å². The minimum atomic E-state index is 0. The third-order valence-electron chi connectivity index (χ3n) is 6.71. The van der Waals surface area contributed by atoms with Crippen LogP contribution in [0.4, 0.5) is 5.82 Å². The van der Waals surface area contributed by atoms with Gasteiger partial charge in [-0.3, -0.25) is 4.79 Å². The van der Waals surface area contributed by atoms with Gasteiger partial charge in [-0.15, -0.1) is 12.4 Å². The average molecular weight is 501 g/mol. The van der Waals surface area contributed by atoms with Crippen molar-refractivity contribution in [3.05, 3.63) is 46.9 Å². The molecule has 2 aromatic heterocycles. The molecule has 5 heterocycles. The Balaban J connectivity index is 0.00000241. The summed E-state index contributed by atoms with van der Waals surface area (Å²) >= 11 is 6.62. The summed E-state index contributed by atoms with van der Waals surface area (Å²) in [5.74, 6) is 2.52. The van der Waals surface area contributed by atoms with Crippen LogP contribution in [0.3, 0.4) is 0 Å². The Morgan fingerprint density at radius 1 is 1.09 bits per heavy atom. The number of rotatable bonds is 3. The van der Waals surface area contributed by atoms with Crippen LogP contribution >= 0.6 is 24.0 Å². The van der Waals surface area contributed by atoms with E-state index in [2.05, 4.69) is 9.47 Å². The second-order valence-electron chi connectivity index (χ2n) is 8.76. The first kappa shape index (κ1) is 23.1. The summed E-state index contributed by atoms with van der Waals surface area (Å²) in [7, 11) is 0. The van der Waals surface area contributed by atoms with E-state index in [4.69, 9.17) is 31.3 Å². The van der Waals surface area contributed by atoms with Crippen molar-refractivity contribution in [3.63, 3.8) is 0 Å². The van der Waals surface area contributed by atoms with Gasteiger partial charge in [0.25, 0.3) is 0 Å². The van der Waals surface area contributed by atoms with Gasteiger partial charge in [0.2, 0.25) is 5.91 Å². The number of hydrogen-bond donors (Lipinski definition) is 0. The predicted molar refractivity (Wildman–Crippen MR) is 133 cm³/mol. The Hall–Kier alpha value is -2.68. The summed E-state index contributed by atoms with van der Waals surface area (Å²) < 4.78 is 7.87. The summed E-state index contributed by atoms with van der Waals surface area (Å²) in [5.41, 5.74) is 3.55. The molecular formula is C24H26Cl2N6O2. The van der Waals surface area contributed by atoms with Gasteiger partial charge in [-0.25, -0.2) is 15.0 Å². The summed E-state index contributed by atoms with van der Waals surface area (Å²) in [4.78, 5) is 31.0. The van der Waals surface area contributed by atoms with Crippen molar-refractivity contribution in [1.82, 2.24) is 24.4 Å². The number of carbonyl (C=O) groups excluding carboxylic acids is 1. The molecule has 1 amide bonds. The Bertz CT molecular complexity index is 1280. The van der Waals surface area contributed by atoms with Gasteiger partial charge >= 0.3 is 0 Å². The van der Waals surface area contributed by atoms with Gasteiger partial charge in [-0.2, -0.15) is 0 Å². The van der Waals surface area contributed by atoms with Crippen LogP contribution in [0.1, 0.15) is 31.1 Å². The Kier molecular flexibility index (Phi) is 6.22. The smallest absolute Gasteiger partial charge is 0.230 e. The molecule has 8 nitrogen and oxygen atoms in total. The molecule has 2 saturated heterocycles. The molecule has 0 radical (unpaired) electrons. The molecule has 0 unspecified atom stereocenters. The van der Waals surface area contributed by atoms with Crippen molar-refractivity contribution >= 4 is 46.9 Å². The monoisotopic (exact) mass is 500 g/mol. The number of aromatic nitrogens is 4. The number of carbonyl (C=O) groups is 1. The maximum absolute atomic E-state index is 12.1. The van der Waals surface area contributed by atoms with Crippen molar-refractivity contribution in [3.8, 4) is 11.4 Å². The van der Waals surface area contributed by atoms with E-state index in [1.54, 1.807) is 0 Å². The second kappa shape index (κ2) is 9.17. The lowest BCUT2D eigenvalue weighted by Crippen LogP contribution is -2.45. The molecular weight excluding hydrogens is 475 g/mol. The number of halogens is 2. The summed E-state index contributed by atoms with van der Waals surface area (Å²) in [6.45, 7) is 5.37. The van der Waals surface area contributed by atoms with Crippen LogP contribution in [0.15, 0.2) is 36.0 Å². The van der Waals surface area contributed by atoms with Crippen LogP contribution in [-0.2, 0) is 9.53 Å². The Morgan fingerprint density at radius 3 is 2.68 bits per heavy atom. The third kappa shape index (κ3) is 3.83. The van der Waals surface area contributed by atoms with E-state index in [0.29, 0.717) is 50.1 Å². The molecule has 0 N–H and O–H groups in total. The van der Waals surface area contributed by atoms with Crippen LogP contribution in [0.5, 0.6) is 0 Å². The molecule has 0 saturated carbocycles. The van der Waals surface area contributed by atoms with Gasteiger partial charge in [-0.05, 0) is 31.9 Å². The first-order valence-electron chi connectivity index (χ1n) is 11.4. The lowest BCUT2D eigenvalue weighted by atomic mass is 10.1. The molecule has 178 valence electrons. The van der Waals surface area contributed by atoms with E-state index in [9.17, 15) is 4.79 Å². The molecule has 0 aliphatic carbocycles.